The van der Waals surface area contributed by atoms with E-state index in [1.807, 2.05) is 4.90 Å². The summed E-state index contributed by atoms with van der Waals surface area (Å²) in [6.45, 7) is 2.08. The number of carbonyl (C=O) groups is 2. The molecule has 0 bridgehead atoms. The molecule has 2 unspecified atom stereocenters. The van der Waals surface area contributed by atoms with E-state index < -0.39 is 0 Å². The van der Waals surface area contributed by atoms with Crippen LogP contribution in [0.15, 0.2) is 18.2 Å². The largest absolute Gasteiger partial charge is 0.352 e. The van der Waals surface area contributed by atoms with Crippen LogP contribution in [-0.2, 0) is 4.79 Å². The van der Waals surface area contributed by atoms with Crippen molar-refractivity contribution in [2.75, 3.05) is 31.3 Å². The van der Waals surface area contributed by atoms with E-state index in [2.05, 4.69) is 10.6 Å². The molecule has 0 spiro atoms. The monoisotopic (exact) mass is 387 g/mol. The van der Waals surface area contributed by atoms with E-state index in [0.29, 0.717) is 22.2 Å². The summed E-state index contributed by atoms with van der Waals surface area (Å²) in [5.74, 6) is 2.02. The molecule has 2 aliphatic rings. The molecular weight excluding hydrogens is 369 g/mol. The van der Waals surface area contributed by atoms with Gasteiger partial charge in [0.2, 0.25) is 5.91 Å². The van der Waals surface area contributed by atoms with Gasteiger partial charge >= 0.3 is 0 Å². The molecule has 5 nitrogen and oxygen atoms in total. The summed E-state index contributed by atoms with van der Waals surface area (Å²) in [4.78, 5) is 26.5. The zero-order valence-corrected chi connectivity index (χ0v) is 15.4. The molecule has 2 heterocycles. The van der Waals surface area contributed by atoms with Crippen LogP contribution in [0.4, 0.5) is 0 Å². The summed E-state index contributed by atoms with van der Waals surface area (Å²) in [7, 11) is 0. The van der Waals surface area contributed by atoms with Crippen molar-refractivity contribution in [1.29, 1.82) is 0 Å². The van der Waals surface area contributed by atoms with Gasteiger partial charge in [0.15, 0.2) is 0 Å². The maximum absolute atomic E-state index is 12.4. The minimum Gasteiger partial charge on any atom is -0.352 e. The van der Waals surface area contributed by atoms with Crippen molar-refractivity contribution < 1.29 is 9.59 Å². The summed E-state index contributed by atoms with van der Waals surface area (Å²) in [6, 6.07) is 4.64. The maximum Gasteiger partial charge on any atom is 0.251 e. The third-order valence-corrected chi connectivity index (χ3v) is 5.66. The first-order valence-corrected chi connectivity index (χ1v) is 9.78. The summed E-state index contributed by atoms with van der Waals surface area (Å²) in [6.07, 6.45) is 0.747. The second-order valence-electron chi connectivity index (χ2n) is 6.07. The highest BCUT2D eigenvalue weighted by molar-refractivity contribution is 7.99. The van der Waals surface area contributed by atoms with Gasteiger partial charge in [-0.15, -0.1) is 11.8 Å². The van der Waals surface area contributed by atoms with Gasteiger partial charge in [0.1, 0.15) is 0 Å². The summed E-state index contributed by atoms with van der Waals surface area (Å²) < 4.78 is 0. The Morgan fingerprint density at radius 3 is 2.71 bits per heavy atom. The summed E-state index contributed by atoms with van der Waals surface area (Å²) in [5.41, 5.74) is 0.445. The van der Waals surface area contributed by atoms with E-state index >= 15 is 0 Å². The van der Waals surface area contributed by atoms with Gasteiger partial charge < -0.3 is 15.5 Å². The van der Waals surface area contributed by atoms with Gasteiger partial charge in [-0.2, -0.15) is 0 Å². The SMILES string of the molecule is O=C(NCC1CNC(C(=O)N2CCSC2)C1)c1cc(Cl)cc(Cl)c1. The number of amides is 2. The van der Waals surface area contributed by atoms with Gasteiger partial charge in [-0.1, -0.05) is 23.2 Å². The lowest BCUT2D eigenvalue weighted by Gasteiger charge is -2.19. The Balaban J connectivity index is 1.49. The highest BCUT2D eigenvalue weighted by Gasteiger charge is 2.33. The molecule has 0 aromatic heterocycles. The zero-order valence-electron chi connectivity index (χ0n) is 13.1. The number of hydrogen-bond donors (Lipinski definition) is 2. The average Bonchev–Trinajstić information content (AvgIpc) is 3.22. The number of halogens is 2. The quantitative estimate of drug-likeness (QED) is 0.831. The van der Waals surface area contributed by atoms with Crippen molar-refractivity contribution in [1.82, 2.24) is 15.5 Å². The Morgan fingerprint density at radius 2 is 2.04 bits per heavy atom. The fourth-order valence-corrected chi connectivity index (χ4v) is 4.47. The van der Waals surface area contributed by atoms with E-state index in [9.17, 15) is 9.59 Å². The number of nitrogens with zero attached hydrogens (tertiary/aromatic N) is 1. The van der Waals surface area contributed by atoms with Crippen molar-refractivity contribution >= 4 is 46.8 Å². The lowest BCUT2D eigenvalue weighted by Crippen LogP contribution is -2.42. The van der Waals surface area contributed by atoms with E-state index in [1.165, 1.54) is 0 Å². The normalized spacial score (nSPS) is 23.5. The van der Waals surface area contributed by atoms with Crippen LogP contribution < -0.4 is 10.6 Å². The molecule has 2 atom stereocenters. The van der Waals surface area contributed by atoms with E-state index in [0.717, 1.165) is 31.1 Å². The first-order valence-electron chi connectivity index (χ1n) is 7.87. The van der Waals surface area contributed by atoms with Crippen molar-refractivity contribution in [3.8, 4) is 0 Å². The summed E-state index contributed by atoms with van der Waals surface area (Å²) in [5, 5.41) is 7.04. The Bertz CT molecular complexity index is 617. The number of thioether (sulfide) groups is 1. The molecule has 0 saturated carbocycles. The number of rotatable bonds is 4. The average molecular weight is 388 g/mol. The van der Waals surface area contributed by atoms with Gasteiger partial charge in [-0.25, -0.2) is 0 Å². The molecule has 1 aromatic rings. The van der Waals surface area contributed by atoms with Crippen LogP contribution in [0.5, 0.6) is 0 Å². The standard InChI is InChI=1S/C16H19Cl2N3O2S/c17-12-4-11(5-13(18)6-12)15(22)20-8-10-3-14(19-7-10)16(23)21-1-2-24-9-21/h4-6,10,14,19H,1-3,7-9H2,(H,20,22). The number of nitrogens with one attached hydrogen (secondary N) is 2. The molecule has 24 heavy (non-hydrogen) atoms. The topological polar surface area (TPSA) is 61.4 Å². The molecule has 0 aliphatic carbocycles. The van der Waals surface area contributed by atoms with Crippen LogP contribution in [0.25, 0.3) is 0 Å². The Labute approximate surface area is 155 Å². The lowest BCUT2D eigenvalue weighted by molar-refractivity contribution is -0.131. The fourth-order valence-electron chi connectivity index (χ4n) is 2.98. The van der Waals surface area contributed by atoms with Crippen molar-refractivity contribution in [2.24, 2.45) is 5.92 Å². The van der Waals surface area contributed by atoms with Crippen LogP contribution in [0.1, 0.15) is 16.8 Å². The van der Waals surface area contributed by atoms with Crippen LogP contribution >= 0.6 is 35.0 Å². The van der Waals surface area contributed by atoms with E-state index in [4.69, 9.17) is 23.2 Å². The maximum atomic E-state index is 12.4. The molecule has 2 fully saturated rings. The molecule has 2 amide bonds. The summed E-state index contributed by atoms with van der Waals surface area (Å²) >= 11 is 13.6. The van der Waals surface area contributed by atoms with Gasteiger partial charge in [0.25, 0.3) is 5.91 Å². The van der Waals surface area contributed by atoms with Crippen LogP contribution in [0.2, 0.25) is 10.0 Å². The molecule has 2 N–H and O–H groups in total. The van der Waals surface area contributed by atoms with Gasteiger partial charge in [-0.3, -0.25) is 9.59 Å². The molecule has 0 radical (unpaired) electrons. The van der Waals surface area contributed by atoms with Crippen molar-refractivity contribution in [3.05, 3.63) is 33.8 Å². The van der Waals surface area contributed by atoms with Gasteiger partial charge in [0, 0.05) is 41.0 Å². The molecule has 1 aromatic carbocycles. The van der Waals surface area contributed by atoms with E-state index in [1.54, 1.807) is 30.0 Å². The predicted molar refractivity (Wildman–Crippen MR) is 97.7 cm³/mol. The van der Waals surface area contributed by atoms with Gasteiger partial charge in [0.05, 0.1) is 11.9 Å². The molecule has 3 rings (SSSR count). The van der Waals surface area contributed by atoms with E-state index in [-0.39, 0.29) is 23.8 Å². The highest BCUT2D eigenvalue weighted by Crippen LogP contribution is 2.21. The Morgan fingerprint density at radius 1 is 1.29 bits per heavy atom. The number of benzene rings is 1. The number of hydrogen-bond acceptors (Lipinski definition) is 4. The molecule has 130 valence electrons. The minimum atomic E-state index is -0.204. The molecule has 2 aliphatic heterocycles. The van der Waals surface area contributed by atoms with Crippen LogP contribution in [0.3, 0.4) is 0 Å². The smallest absolute Gasteiger partial charge is 0.251 e. The van der Waals surface area contributed by atoms with Crippen molar-refractivity contribution in [2.45, 2.75) is 12.5 Å². The Kier molecular flexibility index (Phi) is 5.92. The Hall–Kier alpha value is -0.950. The second kappa shape index (κ2) is 7.95. The molecule has 8 heteroatoms. The minimum absolute atomic E-state index is 0.133. The first kappa shape index (κ1) is 17.9. The highest BCUT2D eigenvalue weighted by atomic mass is 35.5. The molecule has 2 saturated heterocycles. The number of carbonyl (C=O) groups excluding carboxylic acids is 2. The second-order valence-corrected chi connectivity index (χ2v) is 8.02. The lowest BCUT2D eigenvalue weighted by atomic mass is 10.0. The first-order chi connectivity index (χ1) is 11.5. The fraction of sp³-hybridized carbons (Fsp3) is 0.500. The predicted octanol–water partition coefficient (Wildman–Crippen LogP) is 2.23. The zero-order chi connectivity index (χ0) is 17.1. The van der Waals surface area contributed by atoms with Crippen LogP contribution in [0, 0.1) is 5.92 Å². The van der Waals surface area contributed by atoms with Crippen LogP contribution in [-0.4, -0.2) is 54.0 Å². The third kappa shape index (κ3) is 4.36. The molecular formula is C16H19Cl2N3O2S. The van der Waals surface area contributed by atoms with Crippen molar-refractivity contribution in [3.63, 3.8) is 0 Å². The van der Waals surface area contributed by atoms with Gasteiger partial charge in [-0.05, 0) is 30.5 Å². The third-order valence-electron chi connectivity index (χ3n) is 4.26.